The molecule has 1 aliphatic heterocycles. The second-order valence-electron chi connectivity index (χ2n) is 6.04. The number of carbonyl (C=O) groups is 2. The summed E-state index contributed by atoms with van der Waals surface area (Å²) in [4.78, 5) is 25.9. The highest BCUT2D eigenvalue weighted by Crippen LogP contribution is 2.35. The SMILES string of the molecule is CC(=O)NC1Cc2c(ccc3ccccc23)N(C(C)C)C1=O. The van der Waals surface area contributed by atoms with Gasteiger partial charge in [0.2, 0.25) is 11.8 Å². The van der Waals surface area contributed by atoms with Crippen LogP contribution in [0.5, 0.6) is 0 Å². The first kappa shape index (κ1) is 14.6. The van der Waals surface area contributed by atoms with E-state index in [1.165, 1.54) is 6.92 Å². The van der Waals surface area contributed by atoms with E-state index in [1.807, 2.05) is 32.0 Å². The zero-order valence-corrected chi connectivity index (χ0v) is 13.1. The van der Waals surface area contributed by atoms with Gasteiger partial charge in [0.1, 0.15) is 6.04 Å². The van der Waals surface area contributed by atoms with E-state index in [-0.39, 0.29) is 17.9 Å². The van der Waals surface area contributed by atoms with Crippen molar-refractivity contribution in [1.29, 1.82) is 0 Å². The van der Waals surface area contributed by atoms with E-state index in [1.54, 1.807) is 4.90 Å². The van der Waals surface area contributed by atoms with Crippen molar-refractivity contribution in [3.8, 4) is 0 Å². The summed E-state index contributed by atoms with van der Waals surface area (Å²) in [5, 5.41) is 5.09. The average molecular weight is 296 g/mol. The van der Waals surface area contributed by atoms with Crippen LogP contribution in [0.3, 0.4) is 0 Å². The molecule has 0 spiro atoms. The van der Waals surface area contributed by atoms with Gasteiger partial charge in [0, 0.05) is 25.1 Å². The number of fused-ring (bicyclic) bond motifs is 3. The van der Waals surface area contributed by atoms with Gasteiger partial charge in [-0.3, -0.25) is 9.59 Å². The molecule has 0 fully saturated rings. The summed E-state index contributed by atoms with van der Waals surface area (Å²) in [5.74, 6) is -0.210. The van der Waals surface area contributed by atoms with Crippen LogP contribution in [-0.4, -0.2) is 23.9 Å². The number of hydrogen-bond acceptors (Lipinski definition) is 2. The largest absolute Gasteiger partial charge is 0.344 e. The lowest BCUT2D eigenvalue weighted by Crippen LogP contribution is -2.54. The molecule has 2 aromatic carbocycles. The van der Waals surface area contributed by atoms with Crippen molar-refractivity contribution in [2.24, 2.45) is 0 Å². The Balaban J connectivity index is 2.18. The monoisotopic (exact) mass is 296 g/mol. The van der Waals surface area contributed by atoms with Crippen LogP contribution in [0.25, 0.3) is 10.8 Å². The molecule has 3 rings (SSSR count). The molecule has 1 heterocycles. The third kappa shape index (κ3) is 2.34. The lowest BCUT2D eigenvalue weighted by Gasteiger charge is -2.37. The maximum absolute atomic E-state index is 12.7. The van der Waals surface area contributed by atoms with Gasteiger partial charge in [0.15, 0.2) is 0 Å². The molecule has 1 N–H and O–H groups in total. The Kier molecular flexibility index (Phi) is 3.61. The minimum absolute atomic E-state index is 0.0343. The van der Waals surface area contributed by atoms with Crippen molar-refractivity contribution in [1.82, 2.24) is 5.32 Å². The molecule has 2 aromatic rings. The van der Waals surface area contributed by atoms with E-state index in [9.17, 15) is 9.59 Å². The highest BCUT2D eigenvalue weighted by molar-refractivity contribution is 6.05. The normalized spacial score (nSPS) is 17.7. The summed E-state index contributed by atoms with van der Waals surface area (Å²) in [6.45, 7) is 5.44. The predicted octanol–water partition coefficient (Wildman–Crippen LogP) is 2.64. The number of anilines is 1. The average Bonchev–Trinajstić information content (AvgIpc) is 2.47. The quantitative estimate of drug-likeness (QED) is 0.926. The van der Waals surface area contributed by atoms with Gasteiger partial charge in [-0.25, -0.2) is 0 Å². The third-order valence-electron chi connectivity index (χ3n) is 4.11. The van der Waals surface area contributed by atoms with E-state index in [0.717, 1.165) is 22.0 Å². The van der Waals surface area contributed by atoms with E-state index < -0.39 is 6.04 Å². The molecule has 22 heavy (non-hydrogen) atoms. The van der Waals surface area contributed by atoms with Crippen molar-refractivity contribution in [2.45, 2.75) is 39.3 Å². The number of carbonyl (C=O) groups excluding carboxylic acids is 2. The van der Waals surface area contributed by atoms with Gasteiger partial charge in [-0.15, -0.1) is 0 Å². The lowest BCUT2D eigenvalue weighted by atomic mass is 9.91. The summed E-state index contributed by atoms with van der Waals surface area (Å²) in [5.41, 5.74) is 2.09. The molecule has 0 aliphatic carbocycles. The Bertz CT molecular complexity index is 752. The number of nitrogens with one attached hydrogen (secondary N) is 1. The van der Waals surface area contributed by atoms with Gasteiger partial charge in [-0.05, 0) is 36.2 Å². The fraction of sp³-hybridized carbons (Fsp3) is 0.333. The van der Waals surface area contributed by atoms with Crippen molar-refractivity contribution in [3.05, 3.63) is 42.0 Å². The minimum Gasteiger partial charge on any atom is -0.344 e. The molecule has 0 saturated carbocycles. The van der Waals surface area contributed by atoms with Crippen molar-refractivity contribution >= 4 is 28.3 Å². The van der Waals surface area contributed by atoms with Crippen LogP contribution in [0.2, 0.25) is 0 Å². The molecular formula is C18H20N2O2. The maximum Gasteiger partial charge on any atom is 0.250 e. The first-order chi connectivity index (χ1) is 10.5. The number of nitrogens with zero attached hydrogens (tertiary/aromatic N) is 1. The summed E-state index contributed by atoms with van der Waals surface area (Å²) in [6.07, 6.45) is 0.540. The van der Waals surface area contributed by atoms with Crippen molar-refractivity contribution < 1.29 is 9.59 Å². The molecular weight excluding hydrogens is 276 g/mol. The molecule has 1 unspecified atom stereocenters. The van der Waals surface area contributed by atoms with Gasteiger partial charge in [-0.2, -0.15) is 0 Å². The fourth-order valence-electron chi connectivity index (χ4n) is 3.23. The number of hydrogen-bond donors (Lipinski definition) is 1. The topological polar surface area (TPSA) is 49.4 Å². The minimum atomic E-state index is -0.488. The summed E-state index contributed by atoms with van der Waals surface area (Å²) in [6, 6.07) is 11.8. The third-order valence-corrected chi connectivity index (χ3v) is 4.11. The van der Waals surface area contributed by atoms with Gasteiger partial charge < -0.3 is 10.2 Å². The molecule has 0 saturated heterocycles. The van der Waals surface area contributed by atoms with E-state index >= 15 is 0 Å². The standard InChI is InChI=1S/C18H20N2O2/c1-11(2)20-17-9-8-13-6-4-5-7-14(13)15(17)10-16(18(20)22)19-12(3)21/h4-9,11,16H,10H2,1-3H3,(H,19,21). The second kappa shape index (κ2) is 5.44. The second-order valence-corrected chi connectivity index (χ2v) is 6.04. The van der Waals surface area contributed by atoms with Crippen LogP contribution >= 0.6 is 0 Å². The Morgan fingerprint density at radius 3 is 2.64 bits per heavy atom. The first-order valence-electron chi connectivity index (χ1n) is 7.60. The van der Waals surface area contributed by atoms with Crippen LogP contribution in [0, 0.1) is 0 Å². The Morgan fingerprint density at radius 2 is 1.95 bits per heavy atom. The Hall–Kier alpha value is -2.36. The van der Waals surface area contributed by atoms with Crippen LogP contribution < -0.4 is 10.2 Å². The molecule has 1 atom stereocenters. The number of rotatable bonds is 2. The zero-order chi connectivity index (χ0) is 15.9. The molecule has 0 bridgehead atoms. The smallest absolute Gasteiger partial charge is 0.250 e. The van der Waals surface area contributed by atoms with Crippen molar-refractivity contribution in [2.75, 3.05) is 4.90 Å². The van der Waals surface area contributed by atoms with Gasteiger partial charge >= 0.3 is 0 Å². The molecule has 0 aromatic heterocycles. The van der Waals surface area contributed by atoms with E-state index in [2.05, 4.69) is 23.5 Å². The van der Waals surface area contributed by atoms with Gasteiger partial charge in [0.25, 0.3) is 0 Å². The van der Waals surface area contributed by atoms with Gasteiger partial charge in [0.05, 0.1) is 0 Å². The van der Waals surface area contributed by atoms with Crippen LogP contribution in [-0.2, 0) is 16.0 Å². The van der Waals surface area contributed by atoms with E-state index in [0.29, 0.717) is 6.42 Å². The zero-order valence-electron chi connectivity index (χ0n) is 13.1. The molecule has 4 heteroatoms. The molecule has 1 aliphatic rings. The lowest BCUT2D eigenvalue weighted by molar-refractivity contribution is -0.127. The fourth-order valence-corrected chi connectivity index (χ4v) is 3.23. The maximum atomic E-state index is 12.7. The highest BCUT2D eigenvalue weighted by atomic mass is 16.2. The molecule has 4 nitrogen and oxygen atoms in total. The Labute approximate surface area is 130 Å². The summed E-state index contributed by atoms with van der Waals surface area (Å²) in [7, 11) is 0. The molecule has 0 radical (unpaired) electrons. The molecule has 2 amide bonds. The first-order valence-corrected chi connectivity index (χ1v) is 7.60. The number of benzene rings is 2. The summed E-state index contributed by atoms with van der Waals surface area (Å²) < 4.78 is 0. The van der Waals surface area contributed by atoms with Crippen LogP contribution in [0.15, 0.2) is 36.4 Å². The van der Waals surface area contributed by atoms with Crippen LogP contribution in [0.4, 0.5) is 5.69 Å². The highest BCUT2D eigenvalue weighted by Gasteiger charge is 2.35. The number of amides is 2. The summed E-state index contributed by atoms with van der Waals surface area (Å²) >= 11 is 0. The molecule has 114 valence electrons. The van der Waals surface area contributed by atoms with E-state index in [4.69, 9.17) is 0 Å². The Morgan fingerprint density at radius 1 is 1.23 bits per heavy atom. The van der Waals surface area contributed by atoms with Gasteiger partial charge in [-0.1, -0.05) is 30.3 Å². The van der Waals surface area contributed by atoms with Crippen LogP contribution in [0.1, 0.15) is 26.3 Å². The van der Waals surface area contributed by atoms with Crippen molar-refractivity contribution in [3.63, 3.8) is 0 Å². The predicted molar refractivity (Wildman–Crippen MR) is 87.9 cm³/mol.